The number of rotatable bonds is 7. The Morgan fingerprint density at radius 2 is 1.72 bits per heavy atom. The molecule has 1 saturated carbocycles. The first-order valence-corrected chi connectivity index (χ1v) is 12.9. The number of nitrogens with one attached hydrogen (secondary N) is 1. The molecular formula is C27H24BrClN2O5. The van der Waals surface area contributed by atoms with Crippen LogP contribution in [0.15, 0.2) is 59.1 Å². The van der Waals surface area contributed by atoms with Crippen molar-refractivity contribution in [2.45, 2.75) is 25.8 Å². The minimum absolute atomic E-state index is 0.0293. The van der Waals surface area contributed by atoms with Crippen molar-refractivity contribution in [1.29, 1.82) is 0 Å². The second-order valence-corrected chi connectivity index (χ2v) is 10.7. The molecule has 9 heteroatoms. The van der Waals surface area contributed by atoms with Gasteiger partial charge in [0, 0.05) is 16.6 Å². The van der Waals surface area contributed by atoms with E-state index in [0.717, 1.165) is 16.9 Å². The number of hydrogen-bond donors (Lipinski definition) is 1. The Bertz CT molecular complexity index is 1250. The van der Waals surface area contributed by atoms with Crippen LogP contribution in [-0.4, -0.2) is 41.2 Å². The second-order valence-electron chi connectivity index (χ2n) is 9.44. The summed E-state index contributed by atoms with van der Waals surface area (Å²) >= 11 is 9.55. The van der Waals surface area contributed by atoms with Gasteiger partial charge in [-0.3, -0.25) is 19.3 Å². The Hall–Kier alpha value is -2.97. The van der Waals surface area contributed by atoms with Crippen LogP contribution in [0.4, 0.5) is 5.69 Å². The van der Waals surface area contributed by atoms with Gasteiger partial charge in [-0.15, -0.1) is 0 Å². The summed E-state index contributed by atoms with van der Waals surface area (Å²) in [4.78, 5) is 53.6. The summed E-state index contributed by atoms with van der Waals surface area (Å²) in [6.07, 6.45) is 4.92. The lowest BCUT2D eigenvalue weighted by Gasteiger charge is -2.26. The molecule has 0 spiro atoms. The fourth-order valence-corrected chi connectivity index (χ4v) is 6.15. The SMILES string of the molecule is Cc1c(NC(=O)COC(=O)[C@H](Cc2ccccc2)N2C(=O)[C@@H]3[C@H](C2=O)[C@H]2C=C[C@H]3C2)ccc(Br)c1Cl. The predicted octanol–water partition coefficient (Wildman–Crippen LogP) is 4.31. The topological polar surface area (TPSA) is 92.8 Å². The monoisotopic (exact) mass is 570 g/mol. The van der Waals surface area contributed by atoms with E-state index in [1.165, 1.54) is 0 Å². The molecular weight excluding hydrogens is 548 g/mol. The van der Waals surface area contributed by atoms with Gasteiger partial charge in [0.05, 0.1) is 16.9 Å². The predicted molar refractivity (Wildman–Crippen MR) is 137 cm³/mol. The van der Waals surface area contributed by atoms with Crippen molar-refractivity contribution in [1.82, 2.24) is 4.90 Å². The highest BCUT2D eigenvalue weighted by molar-refractivity contribution is 9.10. The van der Waals surface area contributed by atoms with Crippen LogP contribution >= 0.6 is 27.5 Å². The Morgan fingerprint density at radius 3 is 2.36 bits per heavy atom. The van der Waals surface area contributed by atoms with Crippen molar-refractivity contribution in [2.24, 2.45) is 23.7 Å². The normalized spacial score (nSPS) is 24.7. The van der Waals surface area contributed by atoms with Crippen LogP contribution in [0, 0.1) is 30.6 Å². The first-order valence-electron chi connectivity index (χ1n) is 11.8. The maximum absolute atomic E-state index is 13.4. The van der Waals surface area contributed by atoms with Crippen LogP contribution in [0.5, 0.6) is 0 Å². The average Bonchev–Trinajstić information content (AvgIpc) is 3.56. The van der Waals surface area contributed by atoms with Gasteiger partial charge in [0.15, 0.2) is 6.61 Å². The van der Waals surface area contributed by atoms with E-state index in [1.54, 1.807) is 19.1 Å². The molecule has 2 aromatic rings. The zero-order valence-electron chi connectivity index (χ0n) is 19.4. The quantitative estimate of drug-likeness (QED) is 0.304. The summed E-state index contributed by atoms with van der Waals surface area (Å²) in [5.41, 5.74) is 1.93. The molecule has 0 radical (unpaired) electrons. The maximum Gasteiger partial charge on any atom is 0.330 e. The van der Waals surface area contributed by atoms with Gasteiger partial charge in [0.1, 0.15) is 6.04 Å². The van der Waals surface area contributed by atoms with Crippen LogP contribution in [0.2, 0.25) is 5.02 Å². The maximum atomic E-state index is 13.4. The number of fused-ring (bicyclic) bond motifs is 5. The Balaban J connectivity index is 1.32. The third-order valence-corrected chi connectivity index (χ3v) is 8.70. The molecule has 5 rings (SSSR count). The molecule has 2 bridgehead atoms. The van der Waals surface area contributed by atoms with Gasteiger partial charge in [0.25, 0.3) is 5.91 Å². The Labute approximate surface area is 221 Å². The molecule has 1 saturated heterocycles. The molecule has 3 amide bonds. The number of ether oxygens (including phenoxy) is 1. The van der Waals surface area contributed by atoms with Crippen molar-refractivity contribution >= 4 is 56.9 Å². The van der Waals surface area contributed by atoms with Crippen molar-refractivity contribution < 1.29 is 23.9 Å². The Kier molecular flexibility index (Phi) is 6.74. The van der Waals surface area contributed by atoms with Crippen LogP contribution in [-0.2, 0) is 30.3 Å². The van der Waals surface area contributed by atoms with Crippen molar-refractivity contribution in [3.63, 3.8) is 0 Å². The Morgan fingerprint density at radius 1 is 1.08 bits per heavy atom. The van der Waals surface area contributed by atoms with Gasteiger partial charge in [-0.2, -0.15) is 0 Å². The number of amides is 3. The molecule has 1 N–H and O–H groups in total. The molecule has 0 aromatic heterocycles. The number of nitrogens with zero attached hydrogens (tertiary/aromatic N) is 1. The van der Waals surface area contributed by atoms with Gasteiger partial charge >= 0.3 is 5.97 Å². The highest BCUT2D eigenvalue weighted by Crippen LogP contribution is 2.53. The molecule has 1 heterocycles. The molecule has 0 unspecified atom stereocenters. The zero-order chi connectivity index (χ0) is 25.6. The number of carbonyl (C=O) groups excluding carboxylic acids is 4. The minimum atomic E-state index is -1.14. The number of carbonyl (C=O) groups is 4. The standard InChI is InChI=1S/C27H24BrClN2O5/c1-14-19(10-9-18(28)24(14)29)30-21(32)13-36-27(35)20(11-15-5-3-2-4-6-15)31-25(33)22-16-7-8-17(12-16)23(22)26(31)34/h2-10,16-17,20,22-23H,11-13H2,1H3,(H,30,32)/t16-,17-,20-,22-,23+/m0/s1. The largest absolute Gasteiger partial charge is 0.454 e. The molecule has 2 fully saturated rings. The van der Waals surface area contributed by atoms with Gasteiger partial charge < -0.3 is 10.1 Å². The van der Waals surface area contributed by atoms with E-state index in [2.05, 4.69) is 21.2 Å². The fraction of sp³-hybridized carbons (Fsp3) is 0.333. The summed E-state index contributed by atoms with van der Waals surface area (Å²) in [6.45, 7) is 1.20. The molecule has 3 aliphatic rings. The number of halogens is 2. The lowest BCUT2D eigenvalue weighted by atomic mass is 9.85. The average molecular weight is 572 g/mol. The molecule has 186 valence electrons. The van der Waals surface area contributed by atoms with Crippen LogP contribution in [0.3, 0.4) is 0 Å². The van der Waals surface area contributed by atoms with E-state index in [1.807, 2.05) is 42.5 Å². The molecule has 7 nitrogen and oxygen atoms in total. The molecule has 5 atom stereocenters. The van der Waals surface area contributed by atoms with E-state index in [4.69, 9.17) is 16.3 Å². The number of anilines is 1. The number of imide groups is 1. The number of benzene rings is 2. The molecule has 2 aromatic carbocycles. The van der Waals surface area contributed by atoms with Crippen molar-refractivity contribution in [3.8, 4) is 0 Å². The van der Waals surface area contributed by atoms with Gasteiger partial charge in [-0.05, 0) is 64.4 Å². The molecule has 36 heavy (non-hydrogen) atoms. The highest BCUT2D eigenvalue weighted by Gasteiger charge is 2.61. The third kappa shape index (κ3) is 4.37. The van der Waals surface area contributed by atoms with E-state index >= 15 is 0 Å². The molecule has 1 aliphatic heterocycles. The van der Waals surface area contributed by atoms with E-state index in [9.17, 15) is 19.2 Å². The lowest BCUT2D eigenvalue weighted by molar-refractivity contribution is -0.160. The summed E-state index contributed by atoms with van der Waals surface area (Å²) < 4.78 is 6.05. The first-order chi connectivity index (χ1) is 17.3. The minimum Gasteiger partial charge on any atom is -0.454 e. The second kappa shape index (κ2) is 9.82. The van der Waals surface area contributed by atoms with Crippen molar-refractivity contribution in [3.05, 3.63) is 75.2 Å². The number of esters is 1. The summed E-state index contributed by atoms with van der Waals surface area (Å²) in [5.74, 6) is -2.79. The van der Waals surface area contributed by atoms with E-state index in [-0.39, 0.29) is 30.1 Å². The first kappa shape index (κ1) is 24.7. The van der Waals surface area contributed by atoms with Crippen LogP contribution in [0.1, 0.15) is 17.5 Å². The van der Waals surface area contributed by atoms with Crippen LogP contribution in [0.25, 0.3) is 0 Å². The van der Waals surface area contributed by atoms with Gasteiger partial charge in [-0.25, -0.2) is 4.79 Å². The summed E-state index contributed by atoms with van der Waals surface area (Å²) in [6, 6.07) is 11.4. The number of allylic oxidation sites excluding steroid dienone is 2. The van der Waals surface area contributed by atoms with Crippen molar-refractivity contribution in [2.75, 3.05) is 11.9 Å². The fourth-order valence-electron chi connectivity index (χ4n) is 5.56. The zero-order valence-corrected chi connectivity index (χ0v) is 21.8. The van der Waals surface area contributed by atoms with Gasteiger partial charge in [-0.1, -0.05) is 54.1 Å². The smallest absolute Gasteiger partial charge is 0.330 e. The van der Waals surface area contributed by atoms with E-state index in [0.29, 0.717) is 20.7 Å². The summed E-state index contributed by atoms with van der Waals surface area (Å²) in [7, 11) is 0. The lowest BCUT2D eigenvalue weighted by Crippen LogP contribution is -2.48. The van der Waals surface area contributed by atoms with Crippen LogP contribution < -0.4 is 5.32 Å². The number of hydrogen-bond acceptors (Lipinski definition) is 5. The van der Waals surface area contributed by atoms with E-state index < -0.39 is 36.4 Å². The summed E-state index contributed by atoms with van der Waals surface area (Å²) in [5, 5.41) is 3.15. The number of likely N-dealkylation sites (tertiary alicyclic amines) is 1. The molecule has 2 aliphatic carbocycles. The highest BCUT2D eigenvalue weighted by atomic mass is 79.9. The van der Waals surface area contributed by atoms with Gasteiger partial charge in [0.2, 0.25) is 11.8 Å². The third-order valence-electron chi connectivity index (χ3n) is 7.32.